The second kappa shape index (κ2) is 7.99. The van der Waals surface area contributed by atoms with Gasteiger partial charge >= 0.3 is 0 Å². The van der Waals surface area contributed by atoms with Crippen molar-refractivity contribution in [3.8, 4) is 21.8 Å². The molecular weight excluding hydrogens is 381 g/mol. The number of halogens is 1. The minimum Gasteiger partial charge on any atom is -0.283 e. The van der Waals surface area contributed by atoms with Gasteiger partial charge in [0.25, 0.3) is 11.5 Å². The number of hydrogen-bond acceptors (Lipinski definition) is 6. The Morgan fingerprint density at radius 3 is 2.46 bits per heavy atom. The number of nitrogens with one attached hydrogen (secondary N) is 1. The van der Waals surface area contributed by atoms with E-state index in [1.54, 1.807) is 32.3 Å². The third-order valence-corrected chi connectivity index (χ3v) is 4.89. The first-order valence-electron chi connectivity index (χ1n) is 8.61. The predicted octanol–water partition coefficient (Wildman–Crippen LogP) is 2.96. The Kier molecular flexibility index (Phi) is 5.66. The lowest BCUT2D eigenvalue weighted by Gasteiger charge is -2.10. The van der Waals surface area contributed by atoms with Crippen molar-refractivity contribution in [3.63, 3.8) is 0 Å². The molecule has 0 saturated heterocycles. The Morgan fingerprint density at radius 1 is 1.18 bits per heavy atom. The van der Waals surface area contributed by atoms with Crippen LogP contribution in [0.2, 0.25) is 0 Å². The average molecular weight is 401 g/mol. The van der Waals surface area contributed by atoms with Crippen LogP contribution < -0.4 is 11.0 Å². The van der Waals surface area contributed by atoms with E-state index in [-0.39, 0.29) is 28.3 Å². The van der Waals surface area contributed by atoms with Crippen LogP contribution >= 0.6 is 11.3 Å². The van der Waals surface area contributed by atoms with Crippen LogP contribution in [-0.4, -0.2) is 39.8 Å². The maximum absolute atomic E-state index is 13.4. The fraction of sp³-hybridized carbons (Fsp3) is 0.263. The van der Waals surface area contributed by atoms with Crippen molar-refractivity contribution in [1.29, 1.82) is 0 Å². The summed E-state index contributed by atoms with van der Waals surface area (Å²) in [4.78, 5) is 29.6. The molecule has 28 heavy (non-hydrogen) atoms. The molecule has 3 rings (SSSR count). The largest absolute Gasteiger partial charge is 0.294 e. The Balaban J connectivity index is 2.17. The highest BCUT2D eigenvalue weighted by atomic mass is 32.1. The number of carbonyl (C=O) groups excluding carboxylic acids is 1. The number of hydrogen-bond donors (Lipinski definition) is 1. The number of rotatable bonds is 5. The minimum atomic E-state index is -0.363. The van der Waals surface area contributed by atoms with Gasteiger partial charge in [0, 0.05) is 25.7 Å². The van der Waals surface area contributed by atoms with Gasteiger partial charge in [-0.05, 0) is 44.2 Å². The molecule has 1 amide bonds. The van der Waals surface area contributed by atoms with Crippen molar-refractivity contribution in [3.05, 3.63) is 57.6 Å². The molecule has 0 bridgehead atoms. The molecule has 0 aliphatic carbocycles. The van der Waals surface area contributed by atoms with E-state index in [2.05, 4.69) is 15.5 Å². The van der Waals surface area contributed by atoms with Crippen LogP contribution in [0, 0.1) is 5.82 Å². The molecule has 0 aliphatic heterocycles. The molecule has 146 valence electrons. The lowest BCUT2D eigenvalue weighted by atomic mass is 10.1. The smallest absolute Gasteiger partial charge is 0.283 e. The Bertz CT molecular complexity index is 1060. The van der Waals surface area contributed by atoms with Gasteiger partial charge in [0.2, 0.25) is 0 Å². The highest BCUT2D eigenvalue weighted by molar-refractivity contribution is 7.17. The van der Waals surface area contributed by atoms with Crippen LogP contribution in [0.5, 0.6) is 0 Å². The third-order valence-electron chi connectivity index (χ3n) is 3.81. The summed E-state index contributed by atoms with van der Waals surface area (Å²) < 4.78 is 14.7. The van der Waals surface area contributed by atoms with Crippen molar-refractivity contribution in [2.75, 3.05) is 14.1 Å². The molecule has 0 aliphatic rings. The number of benzene rings is 1. The Morgan fingerprint density at radius 2 is 1.86 bits per heavy atom. The summed E-state index contributed by atoms with van der Waals surface area (Å²) in [5.41, 5.74) is 4.13. The van der Waals surface area contributed by atoms with E-state index >= 15 is 0 Å². The number of nitrogens with zero attached hydrogens (tertiary/aromatic N) is 4. The summed E-state index contributed by atoms with van der Waals surface area (Å²) in [5.74, 6) is -0.723. The zero-order valence-electron chi connectivity index (χ0n) is 15.9. The summed E-state index contributed by atoms with van der Waals surface area (Å²) >= 11 is 1.17. The standard InChI is InChI=1S/C19H20FN5O2S/c1-11(2)25-15(26)10-9-14(22-25)17-16(12-5-7-13(20)8-6-12)21-19(28-17)18(27)23-24(3)4/h5-11H,1-4H3,(H,23,27). The van der Waals surface area contributed by atoms with E-state index in [4.69, 9.17) is 0 Å². The van der Waals surface area contributed by atoms with Crippen molar-refractivity contribution in [2.45, 2.75) is 19.9 Å². The molecule has 0 saturated carbocycles. The fourth-order valence-electron chi connectivity index (χ4n) is 2.56. The van der Waals surface area contributed by atoms with Gasteiger partial charge < -0.3 is 0 Å². The maximum atomic E-state index is 13.4. The third kappa shape index (κ3) is 4.15. The lowest BCUT2D eigenvalue weighted by Crippen LogP contribution is -2.36. The molecule has 9 heteroatoms. The van der Waals surface area contributed by atoms with Crippen LogP contribution in [0.3, 0.4) is 0 Å². The summed E-state index contributed by atoms with van der Waals surface area (Å²) in [6.07, 6.45) is 0. The molecule has 1 N–H and O–H groups in total. The van der Waals surface area contributed by atoms with E-state index in [0.29, 0.717) is 21.8 Å². The maximum Gasteiger partial charge on any atom is 0.294 e. The predicted molar refractivity (Wildman–Crippen MR) is 107 cm³/mol. The molecule has 0 unspecified atom stereocenters. The fourth-order valence-corrected chi connectivity index (χ4v) is 3.50. The van der Waals surface area contributed by atoms with Crippen molar-refractivity contribution in [2.24, 2.45) is 0 Å². The van der Waals surface area contributed by atoms with E-state index in [9.17, 15) is 14.0 Å². The van der Waals surface area contributed by atoms with Gasteiger partial charge in [-0.15, -0.1) is 11.3 Å². The van der Waals surface area contributed by atoms with Crippen molar-refractivity contribution < 1.29 is 9.18 Å². The molecule has 1 aromatic carbocycles. The zero-order valence-corrected chi connectivity index (χ0v) is 16.7. The Labute approximate surface area is 165 Å². The minimum absolute atomic E-state index is 0.119. The molecule has 0 radical (unpaired) electrons. The van der Waals surface area contributed by atoms with Crippen molar-refractivity contribution >= 4 is 17.2 Å². The summed E-state index contributed by atoms with van der Waals surface area (Å²) in [6.45, 7) is 3.73. The number of thiazole rings is 1. The number of aromatic nitrogens is 3. The number of hydrazine groups is 1. The quantitative estimate of drug-likeness (QED) is 0.665. The molecule has 0 atom stereocenters. The highest BCUT2D eigenvalue weighted by Crippen LogP contribution is 2.35. The first-order valence-corrected chi connectivity index (χ1v) is 9.43. The van der Waals surface area contributed by atoms with Crippen molar-refractivity contribution in [1.82, 2.24) is 25.2 Å². The van der Waals surface area contributed by atoms with Gasteiger partial charge in [-0.2, -0.15) is 5.10 Å². The summed E-state index contributed by atoms with van der Waals surface area (Å²) in [7, 11) is 3.40. The monoisotopic (exact) mass is 401 g/mol. The molecule has 0 fully saturated rings. The van der Waals surface area contributed by atoms with Gasteiger partial charge in [0.15, 0.2) is 5.01 Å². The molecular formula is C19H20FN5O2S. The summed E-state index contributed by atoms with van der Waals surface area (Å²) in [5, 5.41) is 6.21. The highest BCUT2D eigenvalue weighted by Gasteiger charge is 2.21. The summed E-state index contributed by atoms with van der Waals surface area (Å²) in [6, 6.07) is 8.79. The van der Waals surface area contributed by atoms with Crippen LogP contribution in [0.1, 0.15) is 29.7 Å². The van der Waals surface area contributed by atoms with E-state index in [1.807, 2.05) is 13.8 Å². The van der Waals surface area contributed by atoms with Crippen LogP contribution in [-0.2, 0) is 0 Å². The molecule has 2 heterocycles. The molecule has 0 spiro atoms. The van der Waals surface area contributed by atoms with Gasteiger partial charge in [-0.25, -0.2) is 19.1 Å². The number of carbonyl (C=O) groups is 1. The first-order chi connectivity index (χ1) is 13.3. The van der Waals surface area contributed by atoms with E-state index < -0.39 is 0 Å². The normalized spacial score (nSPS) is 11.2. The second-order valence-electron chi connectivity index (χ2n) is 6.63. The van der Waals surface area contributed by atoms with E-state index in [0.717, 1.165) is 0 Å². The van der Waals surface area contributed by atoms with Crippen LogP contribution in [0.4, 0.5) is 4.39 Å². The van der Waals surface area contributed by atoms with Crippen LogP contribution in [0.25, 0.3) is 21.8 Å². The topological polar surface area (TPSA) is 80.1 Å². The molecule has 2 aromatic heterocycles. The SMILES string of the molecule is CC(C)n1nc(-c2sc(C(=O)NN(C)C)nc2-c2ccc(F)cc2)ccc1=O. The van der Waals surface area contributed by atoms with Gasteiger partial charge in [0.1, 0.15) is 11.5 Å². The first kappa shape index (κ1) is 19.8. The number of amides is 1. The van der Waals surface area contributed by atoms with Gasteiger partial charge in [-0.1, -0.05) is 0 Å². The second-order valence-corrected chi connectivity index (χ2v) is 7.63. The average Bonchev–Trinajstić information content (AvgIpc) is 3.07. The van der Waals surface area contributed by atoms with Gasteiger partial charge in [-0.3, -0.25) is 15.0 Å². The molecule has 7 nitrogen and oxygen atoms in total. The molecule has 3 aromatic rings. The van der Waals surface area contributed by atoms with E-state index in [1.165, 1.54) is 39.2 Å². The Hall–Kier alpha value is -2.91. The zero-order chi connectivity index (χ0) is 20.4. The van der Waals surface area contributed by atoms with Gasteiger partial charge in [0.05, 0.1) is 16.6 Å². The lowest BCUT2D eigenvalue weighted by molar-refractivity contribution is 0.0856. The van der Waals surface area contributed by atoms with Crippen LogP contribution in [0.15, 0.2) is 41.2 Å².